The first kappa shape index (κ1) is 11.0. The van der Waals surface area contributed by atoms with E-state index in [0.29, 0.717) is 5.75 Å². The molecule has 0 bridgehead atoms. The molecular weight excluding hydrogens is 179 g/mol. The van der Waals surface area contributed by atoms with Crippen LogP contribution in [0.1, 0.15) is 32.3 Å². The predicted molar refractivity (Wildman–Crippen MR) is 56.1 cm³/mol. The fourth-order valence-electron chi connectivity index (χ4n) is 1.34. The lowest BCUT2D eigenvalue weighted by Gasteiger charge is -2.17. The van der Waals surface area contributed by atoms with Gasteiger partial charge in [-0.05, 0) is 31.4 Å². The third-order valence-electron chi connectivity index (χ3n) is 2.35. The second-order valence-corrected chi connectivity index (χ2v) is 3.47. The summed E-state index contributed by atoms with van der Waals surface area (Å²) < 4.78 is 18.6. The van der Waals surface area contributed by atoms with E-state index in [4.69, 9.17) is 4.74 Å². The van der Waals surface area contributed by atoms with Crippen molar-refractivity contribution < 1.29 is 9.13 Å². The van der Waals surface area contributed by atoms with Crippen molar-refractivity contribution in [3.8, 4) is 5.75 Å². The maximum atomic E-state index is 12.9. The molecule has 0 unspecified atom stereocenters. The van der Waals surface area contributed by atoms with E-state index >= 15 is 0 Å². The van der Waals surface area contributed by atoms with Crippen LogP contribution in [0, 0.1) is 12.7 Å². The monoisotopic (exact) mass is 196 g/mol. The molecule has 0 saturated heterocycles. The van der Waals surface area contributed by atoms with E-state index in [1.807, 2.05) is 6.92 Å². The largest absolute Gasteiger partial charge is 0.490 e. The minimum absolute atomic E-state index is 0.190. The Morgan fingerprint density at radius 3 is 2.50 bits per heavy atom. The highest BCUT2D eigenvalue weighted by molar-refractivity contribution is 5.32. The molecule has 1 nitrogen and oxygen atoms in total. The lowest BCUT2D eigenvalue weighted by Crippen LogP contribution is -2.14. The number of aryl methyl sites for hydroxylation is 1. The van der Waals surface area contributed by atoms with Crippen LogP contribution in [-0.4, -0.2) is 6.10 Å². The lowest BCUT2D eigenvalue weighted by atomic mass is 10.2. The van der Waals surface area contributed by atoms with Crippen molar-refractivity contribution in [3.63, 3.8) is 0 Å². The minimum atomic E-state index is -0.239. The van der Waals surface area contributed by atoms with Crippen molar-refractivity contribution in [2.45, 2.75) is 39.7 Å². The molecule has 0 spiro atoms. The van der Waals surface area contributed by atoms with Crippen molar-refractivity contribution in [1.29, 1.82) is 0 Å². The molecule has 0 heterocycles. The van der Waals surface area contributed by atoms with E-state index in [1.165, 1.54) is 12.1 Å². The van der Waals surface area contributed by atoms with Crippen molar-refractivity contribution in [2.24, 2.45) is 0 Å². The predicted octanol–water partition coefficient (Wildman–Crippen LogP) is 3.70. The van der Waals surface area contributed by atoms with E-state index < -0.39 is 0 Å². The summed E-state index contributed by atoms with van der Waals surface area (Å²) in [6, 6.07) is 4.65. The van der Waals surface area contributed by atoms with Crippen LogP contribution in [0.4, 0.5) is 4.39 Å². The molecule has 0 aromatic heterocycles. The maximum absolute atomic E-state index is 12.9. The highest BCUT2D eigenvalue weighted by atomic mass is 19.1. The molecule has 0 N–H and O–H groups in total. The van der Waals surface area contributed by atoms with Gasteiger partial charge < -0.3 is 4.74 Å². The first-order valence-electron chi connectivity index (χ1n) is 5.10. The normalized spacial score (nSPS) is 10.6. The summed E-state index contributed by atoms with van der Waals surface area (Å²) in [5, 5.41) is 0. The zero-order valence-corrected chi connectivity index (χ0v) is 9.01. The zero-order valence-electron chi connectivity index (χ0n) is 9.01. The van der Waals surface area contributed by atoms with E-state index in [2.05, 4.69) is 13.8 Å². The minimum Gasteiger partial charge on any atom is -0.490 e. The van der Waals surface area contributed by atoms with Gasteiger partial charge in [-0.1, -0.05) is 19.9 Å². The molecule has 0 aliphatic rings. The molecular formula is C12H17FO. The van der Waals surface area contributed by atoms with Crippen molar-refractivity contribution in [1.82, 2.24) is 0 Å². The lowest BCUT2D eigenvalue weighted by molar-refractivity contribution is 0.191. The molecule has 2 heteroatoms. The van der Waals surface area contributed by atoms with Crippen molar-refractivity contribution in [2.75, 3.05) is 0 Å². The molecule has 1 rings (SSSR count). The summed E-state index contributed by atoms with van der Waals surface area (Å²) in [5.74, 6) is 0.426. The Labute approximate surface area is 84.9 Å². The van der Waals surface area contributed by atoms with Crippen LogP contribution in [0.2, 0.25) is 0 Å². The molecule has 78 valence electrons. The molecule has 0 aliphatic heterocycles. The second-order valence-electron chi connectivity index (χ2n) is 3.47. The summed E-state index contributed by atoms with van der Waals surface area (Å²) in [7, 11) is 0. The third-order valence-corrected chi connectivity index (χ3v) is 2.35. The molecule has 0 radical (unpaired) electrons. The SMILES string of the molecule is CCC(CC)Oc1cc(F)ccc1C. The van der Waals surface area contributed by atoms with Crippen LogP contribution in [0.15, 0.2) is 18.2 Å². The van der Waals surface area contributed by atoms with E-state index in [1.54, 1.807) is 6.07 Å². The van der Waals surface area contributed by atoms with Gasteiger partial charge in [0.1, 0.15) is 11.6 Å². The Kier molecular flexibility index (Phi) is 3.93. The van der Waals surface area contributed by atoms with Gasteiger partial charge in [0, 0.05) is 6.07 Å². The Balaban J connectivity index is 2.79. The first-order valence-corrected chi connectivity index (χ1v) is 5.10. The zero-order chi connectivity index (χ0) is 10.6. The van der Waals surface area contributed by atoms with Gasteiger partial charge in [-0.2, -0.15) is 0 Å². The topological polar surface area (TPSA) is 9.23 Å². The van der Waals surface area contributed by atoms with Gasteiger partial charge in [0.25, 0.3) is 0 Å². The highest BCUT2D eigenvalue weighted by Crippen LogP contribution is 2.21. The average molecular weight is 196 g/mol. The van der Waals surface area contributed by atoms with Gasteiger partial charge in [0.15, 0.2) is 0 Å². The van der Waals surface area contributed by atoms with Crippen LogP contribution in [0.25, 0.3) is 0 Å². The van der Waals surface area contributed by atoms with E-state index in [-0.39, 0.29) is 11.9 Å². The number of benzene rings is 1. The molecule has 0 amide bonds. The number of hydrogen-bond donors (Lipinski definition) is 0. The van der Waals surface area contributed by atoms with E-state index in [9.17, 15) is 4.39 Å². The Morgan fingerprint density at radius 2 is 1.93 bits per heavy atom. The van der Waals surface area contributed by atoms with Gasteiger partial charge in [-0.25, -0.2) is 4.39 Å². The third kappa shape index (κ3) is 2.72. The Hall–Kier alpha value is -1.05. The number of rotatable bonds is 4. The number of halogens is 1. The van der Waals surface area contributed by atoms with Crippen LogP contribution in [0.5, 0.6) is 5.75 Å². The van der Waals surface area contributed by atoms with Crippen LogP contribution in [-0.2, 0) is 0 Å². The number of ether oxygens (including phenoxy) is 1. The van der Waals surface area contributed by atoms with Crippen LogP contribution >= 0.6 is 0 Å². The second kappa shape index (κ2) is 4.99. The molecule has 1 aromatic rings. The van der Waals surface area contributed by atoms with Gasteiger partial charge in [-0.3, -0.25) is 0 Å². The quantitative estimate of drug-likeness (QED) is 0.713. The molecule has 0 aliphatic carbocycles. The number of hydrogen-bond acceptors (Lipinski definition) is 1. The highest BCUT2D eigenvalue weighted by Gasteiger charge is 2.07. The maximum Gasteiger partial charge on any atom is 0.126 e. The Bertz CT molecular complexity index is 292. The summed E-state index contributed by atoms with van der Waals surface area (Å²) in [6.45, 7) is 6.07. The van der Waals surface area contributed by atoms with Crippen LogP contribution in [0.3, 0.4) is 0 Å². The summed E-state index contributed by atoms with van der Waals surface area (Å²) in [4.78, 5) is 0. The van der Waals surface area contributed by atoms with Gasteiger partial charge in [0.05, 0.1) is 6.10 Å². The summed E-state index contributed by atoms with van der Waals surface area (Å²) >= 11 is 0. The fraction of sp³-hybridized carbons (Fsp3) is 0.500. The van der Waals surface area contributed by atoms with Gasteiger partial charge in [0.2, 0.25) is 0 Å². The van der Waals surface area contributed by atoms with Crippen molar-refractivity contribution >= 4 is 0 Å². The fourth-order valence-corrected chi connectivity index (χ4v) is 1.34. The molecule has 1 aromatic carbocycles. The standard InChI is InChI=1S/C12H17FO/c1-4-11(5-2)14-12-8-10(13)7-6-9(12)3/h6-8,11H,4-5H2,1-3H3. The average Bonchev–Trinajstić information content (AvgIpc) is 2.19. The molecule has 0 saturated carbocycles. The molecule has 0 atom stereocenters. The van der Waals surface area contributed by atoms with Gasteiger partial charge >= 0.3 is 0 Å². The molecule has 14 heavy (non-hydrogen) atoms. The first-order chi connectivity index (χ1) is 6.67. The molecule has 0 fully saturated rings. The Morgan fingerprint density at radius 1 is 1.29 bits per heavy atom. The van der Waals surface area contributed by atoms with E-state index in [0.717, 1.165) is 18.4 Å². The van der Waals surface area contributed by atoms with Crippen LogP contribution < -0.4 is 4.74 Å². The smallest absolute Gasteiger partial charge is 0.126 e. The summed E-state index contributed by atoms with van der Waals surface area (Å²) in [6.07, 6.45) is 2.09. The van der Waals surface area contributed by atoms with Gasteiger partial charge in [-0.15, -0.1) is 0 Å². The van der Waals surface area contributed by atoms with Crippen molar-refractivity contribution in [3.05, 3.63) is 29.6 Å². The summed E-state index contributed by atoms with van der Waals surface area (Å²) in [5.41, 5.74) is 0.985.